The van der Waals surface area contributed by atoms with Gasteiger partial charge in [0.1, 0.15) is 0 Å². The summed E-state index contributed by atoms with van der Waals surface area (Å²) in [7, 11) is -6.95. The molecule has 124 valence electrons. The van der Waals surface area contributed by atoms with Crippen molar-refractivity contribution in [2.75, 3.05) is 30.5 Å². The maximum Gasteiger partial charge on any atom is 0.177 e. The van der Waals surface area contributed by atoms with E-state index in [4.69, 9.17) is 0 Å². The number of hydrogen-bond acceptors (Lipinski definition) is 5. The molecule has 0 unspecified atom stereocenters. The first-order chi connectivity index (χ1) is 9.90. The molecule has 5 nitrogen and oxygen atoms in total. The van der Waals surface area contributed by atoms with Gasteiger partial charge in [-0.05, 0) is 36.5 Å². The maximum atomic E-state index is 12.1. The Labute approximate surface area is 133 Å². The van der Waals surface area contributed by atoms with Crippen LogP contribution in [0.15, 0.2) is 28.0 Å². The van der Waals surface area contributed by atoms with Crippen LogP contribution in [0.5, 0.6) is 0 Å². The van der Waals surface area contributed by atoms with Gasteiger partial charge < -0.3 is 4.90 Å². The van der Waals surface area contributed by atoms with Crippen LogP contribution in [0.3, 0.4) is 0 Å². The molecule has 0 aliphatic carbocycles. The lowest BCUT2D eigenvalue weighted by molar-refractivity contribution is 0.292. The zero-order valence-electron chi connectivity index (χ0n) is 13.5. The number of nitrogens with zero attached hydrogens (tertiary/aromatic N) is 1. The molecule has 0 radical (unpaired) electrons. The lowest BCUT2D eigenvalue weighted by atomic mass is 9.84. The van der Waals surface area contributed by atoms with Gasteiger partial charge in [-0.3, -0.25) is 0 Å². The largest absolute Gasteiger partial charge is 0.370 e. The van der Waals surface area contributed by atoms with Gasteiger partial charge in [0.05, 0.1) is 15.5 Å². The molecule has 1 aliphatic heterocycles. The van der Waals surface area contributed by atoms with Crippen LogP contribution in [-0.4, -0.2) is 42.4 Å². The summed E-state index contributed by atoms with van der Waals surface area (Å²) in [6.45, 7) is 5.85. The quantitative estimate of drug-likeness (QED) is 0.839. The molecule has 0 spiro atoms. The Kier molecular flexibility index (Phi) is 4.34. The predicted molar refractivity (Wildman–Crippen MR) is 87.9 cm³/mol. The molecule has 0 atom stereocenters. The second-order valence-corrected chi connectivity index (χ2v) is 10.9. The van der Waals surface area contributed by atoms with Crippen molar-refractivity contribution in [1.29, 1.82) is 0 Å². The summed E-state index contributed by atoms with van der Waals surface area (Å²) >= 11 is 0. The van der Waals surface area contributed by atoms with Gasteiger partial charge >= 0.3 is 0 Å². The Bertz CT molecular complexity index is 780. The molecular weight excluding hydrogens is 322 g/mol. The van der Waals surface area contributed by atoms with E-state index in [1.807, 2.05) is 4.90 Å². The molecule has 0 bridgehead atoms. The highest BCUT2D eigenvalue weighted by atomic mass is 32.2. The molecule has 1 fully saturated rings. The lowest BCUT2D eigenvalue weighted by Gasteiger charge is -2.40. The van der Waals surface area contributed by atoms with Crippen LogP contribution in [0.4, 0.5) is 5.69 Å². The topological polar surface area (TPSA) is 71.5 Å². The first-order valence-electron chi connectivity index (χ1n) is 7.19. The van der Waals surface area contributed by atoms with Crippen molar-refractivity contribution in [2.24, 2.45) is 5.41 Å². The van der Waals surface area contributed by atoms with Gasteiger partial charge in [-0.15, -0.1) is 0 Å². The Morgan fingerprint density at radius 2 is 1.68 bits per heavy atom. The highest BCUT2D eigenvalue weighted by molar-refractivity contribution is 7.91. The summed E-state index contributed by atoms with van der Waals surface area (Å²) < 4.78 is 47.6. The first kappa shape index (κ1) is 17.3. The van der Waals surface area contributed by atoms with Crippen LogP contribution in [0.1, 0.15) is 26.7 Å². The average Bonchev–Trinajstić information content (AvgIpc) is 2.34. The van der Waals surface area contributed by atoms with Crippen molar-refractivity contribution in [1.82, 2.24) is 0 Å². The predicted octanol–water partition coefficient (Wildman–Crippen LogP) is 2.12. The van der Waals surface area contributed by atoms with Gasteiger partial charge in [-0.2, -0.15) is 0 Å². The number of anilines is 1. The Balaban J connectivity index is 2.57. The molecule has 1 aromatic rings. The van der Waals surface area contributed by atoms with E-state index < -0.39 is 19.7 Å². The minimum absolute atomic E-state index is 0.0351. The Hall–Kier alpha value is -1.08. The molecule has 1 saturated heterocycles. The highest BCUT2D eigenvalue weighted by Gasteiger charge is 2.29. The van der Waals surface area contributed by atoms with Crippen LogP contribution >= 0.6 is 0 Å². The standard InChI is InChI=1S/C15H23NO4S2/c1-15(2)8-5-9-16(11-15)13-7-6-12(21(3,17)18)10-14(13)22(4,19)20/h6-7,10H,5,8-9,11H2,1-4H3. The van der Waals surface area contributed by atoms with Crippen molar-refractivity contribution in [3.63, 3.8) is 0 Å². The number of hydrogen-bond donors (Lipinski definition) is 0. The van der Waals surface area contributed by atoms with E-state index in [0.717, 1.165) is 38.4 Å². The van der Waals surface area contributed by atoms with Gasteiger partial charge in [0.25, 0.3) is 0 Å². The van der Waals surface area contributed by atoms with Crippen molar-refractivity contribution >= 4 is 25.4 Å². The summed E-state index contributed by atoms with van der Waals surface area (Å²) in [5, 5.41) is 0. The van der Waals surface area contributed by atoms with Crippen molar-refractivity contribution in [3.8, 4) is 0 Å². The third-order valence-corrected chi connectivity index (χ3v) is 6.24. The van der Waals surface area contributed by atoms with Gasteiger partial charge in [-0.1, -0.05) is 13.8 Å². The molecule has 1 aliphatic rings. The smallest absolute Gasteiger partial charge is 0.177 e. The SMILES string of the molecule is CC1(C)CCCN(c2ccc(S(C)(=O)=O)cc2S(C)(=O)=O)C1. The summed E-state index contributed by atoms with van der Waals surface area (Å²) in [4.78, 5) is 2.17. The fourth-order valence-corrected chi connectivity index (χ4v) is 4.55. The molecule has 1 heterocycles. The second kappa shape index (κ2) is 5.53. The Morgan fingerprint density at radius 1 is 1.05 bits per heavy atom. The molecular formula is C15H23NO4S2. The van der Waals surface area contributed by atoms with Gasteiger partial charge in [0, 0.05) is 25.6 Å². The molecule has 0 N–H and O–H groups in total. The normalized spacial score (nSPS) is 19.2. The number of benzene rings is 1. The maximum absolute atomic E-state index is 12.1. The first-order valence-corrected chi connectivity index (χ1v) is 11.0. The van der Waals surface area contributed by atoms with Gasteiger partial charge in [0.2, 0.25) is 0 Å². The molecule has 22 heavy (non-hydrogen) atoms. The molecule has 0 aromatic heterocycles. The van der Waals surface area contributed by atoms with E-state index in [-0.39, 0.29) is 15.2 Å². The molecule has 0 amide bonds. The van der Waals surface area contributed by atoms with Crippen LogP contribution in [-0.2, 0) is 19.7 Å². The van der Waals surface area contributed by atoms with E-state index in [1.54, 1.807) is 6.07 Å². The molecule has 0 saturated carbocycles. The van der Waals surface area contributed by atoms with E-state index in [1.165, 1.54) is 12.1 Å². The third kappa shape index (κ3) is 3.81. The minimum Gasteiger partial charge on any atom is -0.370 e. The highest BCUT2D eigenvalue weighted by Crippen LogP contribution is 2.35. The van der Waals surface area contributed by atoms with E-state index in [2.05, 4.69) is 13.8 Å². The third-order valence-electron chi connectivity index (χ3n) is 4.00. The number of rotatable bonds is 3. The minimum atomic E-state index is -3.51. The second-order valence-electron chi connectivity index (χ2n) is 6.86. The summed E-state index contributed by atoms with van der Waals surface area (Å²) in [6.07, 6.45) is 4.29. The Morgan fingerprint density at radius 3 is 2.18 bits per heavy atom. The van der Waals surface area contributed by atoms with Crippen molar-refractivity contribution in [2.45, 2.75) is 36.5 Å². The summed E-state index contributed by atoms with van der Waals surface area (Å²) in [5.41, 5.74) is 0.713. The number of sulfone groups is 2. The lowest BCUT2D eigenvalue weighted by Crippen LogP contribution is -2.40. The fraction of sp³-hybridized carbons (Fsp3) is 0.600. The molecule has 1 aromatic carbocycles. The zero-order chi connectivity index (χ0) is 16.8. The van der Waals surface area contributed by atoms with Gasteiger partial charge in [-0.25, -0.2) is 16.8 Å². The average molecular weight is 345 g/mol. The van der Waals surface area contributed by atoms with E-state index in [0.29, 0.717) is 5.69 Å². The van der Waals surface area contributed by atoms with Crippen LogP contribution in [0.25, 0.3) is 0 Å². The van der Waals surface area contributed by atoms with Crippen molar-refractivity contribution in [3.05, 3.63) is 18.2 Å². The monoisotopic (exact) mass is 345 g/mol. The number of piperidine rings is 1. The summed E-state index contributed by atoms with van der Waals surface area (Å²) in [5.74, 6) is 0. The molecule has 2 rings (SSSR count). The zero-order valence-corrected chi connectivity index (χ0v) is 15.1. The van der Waals surface area contributed by atoms with E-state index >= 15 is 0 Å². The van der Waals surface area contributed by atoms with Crippen LogP contribution < -0.4 is 4.90 Å². The van der Waals surface area contributed by atoms with Crippen molar-refractivity contribution < 1.29 is 16.8 Å². The van der Waals surface area contributed by atoms with Gasteiger partial charge in [0.15, 0.2) is 19.7 Å². The molecule has 7 heteroatoms. The summed E-state index contributed by atoms with van der Waals surface area (Å²) in [6, 6.07) is 4.39. The van der Waals surface area contributed by atoms with Crippen LogP contribution in [0.2, 0.25) is 0 Å². The van der Waals surface area contributed by atoms with E-state index in [9.17, 15) is 16.8 Å². The van der Waals surface area contributed by atoms with Crippen LogP contribution in [0, 0.1) is 5.41 Å². The fourth-order valence-electron chi connectivity index (χ4n) is 2.91.